The lowest BCUT2D eigenvalue weighted by Gasteiger charge is -2.09. The molecule has 0 saturated carbocycles. The second-order valence-corrected chi connectivity index (χ2v) is 3.98. The average molecular weight is 253 g/mol. The second-order valence-electron chi connectivity index (χ2n) is 3.03. The van der Waals surface area contributed by atoms with Crippen LogP contribution >= 0.6 is 23.2 Å². The van der Waals surface area contributed by atoms with E-state index in [4.69, 9.17) is 23.2 Å². The summed E-state index contributed by atoms with van der Waals surface area (Å²) in [6.45, 7) is 0. The van der Waals surface area contributed by atoms with Gasteiger partial charge in [0, 0.05) is 18.1 Å². The molecule has 82 valence electrons. The Morgan fingerprint density at radius 2 is 2.07 bits per heavy atom. The average Bonchev–Trinajstić information content (AvgIpc) is 2.14. The normalized spacial score (nSPS) is 12.5. The fraction of sp³-hybridized carbons (Fsp3) is 0.300. The molecule has 15 heavy (non-hydrogen) atoms. The molecular weight excluding hydrogens is 245 g/mol. The lowest BCUT2D eigenvalue weighted by molar-refractivity contribution is -0.111. The van der Waals surface area contributed by atoms with Crippen LogP contribution in [0.25, 0.3) is 0 Å². The van der Waals surface area contributed by atoms with Crippen molar-refractivity contribution in [1.29, 1.82) is 0 Å². The summed E-state index contributed by atoms with van der Waals surface area (Å²) in [4.78, 5) is 10.5. The first-order valence-corrected chi connectivity index (χ1v) is 5.09. The number of benzene rings is 1. The maximum Gasteiger partial charge on any atom is 0.221 e. The molecule has 1 atom stereocenters. The first-order chi connectivity index (χ1) is 7.00. The molecule has 5 heteroatoms. The number of halogens is 4. The van der Waals surface area contributed by atoms with Crippen molar-refractivity contribution >= 4 is 28.4 Å². The molecule has 1 unspecified atom stereocenters. The molecule has 1 nitrogen and oxygen atoms in total. The van der Waals surface area contributed by atoms with Crippen LogP contribution in [-0.4, -0.2) is 5.24 Å². The zero-order valence-electron chi connectivity index (χ0n) is 7.64. The zero-order valence-corrected chi connectivity index (χ0v) is 9.16. The Bertz CT molecular complexity index is 368. The Kier molecular flexibility index (Phi) is 4.48. The van der Waals surface area contributed by atoms with E-state index in [9.17, 15) is 13.6 Å². The molecule has 0 fully saturated rings. The predicted molar refractivity (Wildman–Crippen MR) is 55.0 cm³/mol. The predicted octanol–water partition coefficient (Wildman–Crippen LogP) is 3.79. The van der Waals surface area contributed by atoms with Crippen molar-refractivity contribution in [3.8, 4) is 0 Å². The molecule has 0 spiro atoms. The number of rotatable bonds is 4. The molecule has 0 heterocycles. The van der Waals surface area contributed by atoms with Gasteiger partial charge < -0.3 is 0 Å². The summed E-state index contributed by atoms with van der Waals surface area (Å²) in [6, 6.07) is 3.14. The molecule has 0 radical (unpaired) electrons. The lowest BCUT2D eigenvalue weighted by Crippen LogP contribution is -1.98. The maximum absolute atomic E-state index is 13.2. The van der Waals surface area contributed by atoms with Gasteiger partial charge in [0.25, 0.3) is 0 Å². The number of hydrogen-bond acceptors (Lipinski definition) is 1. The maximum atomic E-state index is 13.2. The third-order valence-corrected chi connectivity index (χ3v) is 2.54. The van der Waals surface area contributed by atoms with Crippen molar-refractivity contribution in [3.63, 3.8) is 0 Å². The Labute approximate surface area is 96.0 Å². The Hall–Kier alpha value is -0.670. The molecule has 0 aliphatic carbocycles. The van der Waals surface area contributed by atoms with Crippen LogP contribution in [-0.2, 0) is 4.79 Å². The summed E-state index contributed by atoms with van der Waals surface area (Å²) in [5, 5.41) is -1.20. The Morgan fingerprint density at radius 3 is 2.60 bits per heavy atom. The number of carbonyl (C=O) groups excluding carboxylic acids is 1. The van der Waals surface area contributed by atoms with E-state index in [-0.39, 0.29) is 18.4 Å². The molecule has 0 aliphatic heterocycles. The van der Waals surface area contributed by atoms with Crippen LogP contribution < -0.4 is 0 Å². The van der Waals surface area contributed by atoms with E-state index in [1.54, 1.807) is 0 Å². The van der Waals surface area contributed by atoms with Gasteiger partial charge in [0.2, 0.25) is 5.24 Å². The highest BCUT2D eigenvalue weighted by atomic mass is 35.5. The lowest BCUT2D eigenvalue weighted by atomic mass is 10.1. The van der Waals surface area contributed by atoms with E-state index in [0.29, 0.717) is 0 Å². The molecule has 0 saturated heterocycles. The fourth-order valence-corrected chi connectivity index (χ4v) is 1.55. The Balaban J connectivity index is 2.73. The van der Waals surface area contributed by atoms with E-state index in [1.165, 1.54) is 6.07 Å². The summed E-state index contributed by atoms with van der Waals surface area (Å²) in [5.74, 6) is -1.37. The van der Waals surface area contributed by atoms with E-state index in [2.05, 4.69) is 0 Å². The second kappa shape index (κ2) is 5.42. The third-order valence-electron chi connectivity index (χ3n) is 1.89. The van der Waals surface area contributed by atoms with Gasteiger partial charge in [-0.05, 0) is 24.1 Å². The van der Waals surface area contributed by atoms with Crippen molar-refractivity contribution in [2.45, 2.75) is 18.2 Å². The van der Waals surface area contributed by atoms with Gasteiger partial charge in [0.05, 0.1) is 5.38 Å². The van der Waals surface area contributed by atoms with Gasteiger partial charge in [-0.25, -0.2) is 8.78 Å². The molecule has 0 aliphatic rings. The summed E-state index contributed by atoms with van der Waals surface area (Å²) < 4.78 is 25.7. The molecular formula is C10H8Cl2F2O. The van der Waals surface area contributed by atoms with Crippen molar-refractivity contribution in [3.05, 3.63) is 35.4 Å². The highest BCUT2D eigenvalue weighted by Gasteiger charge is 2.14. The van der Waals surface area contributed by atoms with Gasteiger partial charge in [-0.2, -0.15) is 0 Å². The molecule has 0 bridgehead atoms. The third kappa shape index (κ3) is 3.76. The smallest absolute Gasteiger partial charge is 0.221 e. The van der Waals surface area contributed by atoms with Crippen molar-refractivity contribution in [2.75, 3.05) is 0 Å². The quantitative estimate of drug-likeness (QED) is 0.589. The van der Waals surface area contributed by atoms with Crippen molar-refractivity contribution in [2.24, 2.45) is 0 Å². The molecule has 1 aromatic rings. The first-order valence-electron chi connectivity index (χ1n) is 4.28. The zero-order chi connectivity index (χ0) is 11.4. The van der Waals surface area contributed by atoms with Gasteiger partial charge >= 0.3 is 0 Å². The standard InChI is InChI=1S/C10H8Cl2F2O/c11-8(3-4-10(12)15)7-2-1-6(13)5-9(7)14/h1-2,5,8H,3-4H2. The van der Waals surface area contributed by atoms with Gasteiger partial charge in [-0.1, -0.05) is 6.07 Å². The highest BCUT2D eigenvalue weighted by molar-refractivity contribution is 6.63. The molecule has 1 aromatic carbocycles. The van der Waals surface area contributed by atoms with E-state index in [1.807, 2.05) is 0 Å². The number of carbonyl (C=O) groups is 1. The summed E-state index contributed by atoms with van der Waals surface area (Å²) >= 11 is 11.0. The molecule has 0 aromatic heterocycles. The minimum Gasteiger partial charge on any atom is -0.281 e. The fourth-order valence-electron chi connectivity index (χ4n) is 1.15. The van der Waals surface area contributed by atoms with Crippen LogP contribution in [0.5, 0.6) is 0 Å². The van der Waals surface area contributed by atoms with Crippen LogP contribution in [0.4, 0.5) is 8.78 Å². The molecule has 0 amide bonds. The minimum absolute atomic E-state index is 0.0620. The van der Waals surface area contributed by atoms with Crippen LogP contribution in [0.2, 0.25) is 0 Å². The van der Waals surface area contributed by atoms with Crippen LogP contribution in [0, 0.1) is 11.6 Å². The monoisotopic (exact) mass is 252 g/mol. The minimum atomic E-state index is -0.711. The van der Waals surface area contributed by atoms with Crippen molar-refractivity contribution in [1.82, 2.24) is 0 Å². The van der Waals surface area contributed by atoms with Crippen LogP contribution in [0.15, 0.2) is 18.2 Å². The van der Waals surface area contributed by atoms with E-state index < -0.39 is 22.3 Å². The van der Waals surface area contributed by atoms with E-state index in [0.717, 1.165) is 12.1 Å². The topological polar surface area (TPSA) is 17.1 Å². The van der Waals surface area contributed by atoms with Gasteiger partial charge in [0.1, 0.15) is 11.6 Å². The summed E-state index contributed by atoms with van der Waals surface area (Å²) in [6.07, 6.45) is 0.291. The Morgan fingerprint density at radius 1 is 1.40 bits per heavy atom. The number of hydrogen-bond donors (Lipinski definition) is 0. The SMILES string of the molecule is O=C(Cl)CCC(Cl)c1ccc(F)cc1F. The van der Waals surface area contributed by atoms with Crippen molar-refractivity contribution < 1.29 is 13.6 Å². The molecule has 1 rings (SSSR count). The van der Waals surface area contributed by atoms with Gasteiger partial charge in [-0.15, -0.1) is 11.6 Å². The summed E-state index contributed by atoms with van der Waals surface area (Å²) in [5.41, 5.74) is 0.177. The summed E-state index contributed by atoms with van der Waals surface area (Å²) in [7, 11) is 0. The van der Waals surface area contributed by atoms with Crippen LogP contribution in [0.1, 0.15) is 23.8 Å². The molecule has 0 N–H and O–H groups in total. The highest BCUT2D eigenvalue weighted by Crippen LogP contribution is 2.28. The van der Waals surface area contributed by atoms with Gasteiger partial charge in [-0.3, -0.25) is 4.79 Å². The van der Waals surface area contributed by atoms with E-state index >= 15 is 0 Å². The van der Waals surface area contributed by atoms with Gasteiger partial charge in [0.15, 0.2) is 0 Å². The largest absolute Gasteiger partial charge is 0.281 e. The van der Waals surface area contributed by atoms with Crippen LogP contribution in [0.3, 0.4) is 0 Å². The number of alkyl halides is 1. The first kappa shape index (κ1) is 12.4.